The number of carboxylic acid groups (broad SMARTS) is 1. The van der Waals surface area contributed by atoms with Gasteiger partial charge < -0.3 is 9.84 Å². The van der Waals surface area contributed by atoms with Crippen molar-refractivity contribution in [3.8, 4) is 0 Å². The molecule has 1 atom stereocenters. The summed E-state index contributed by atoms with van der Waals surface area (Å²) in [6.07, 6.45) is 2.63. The first-order valence-electron chi connectivity index (χ1n) is 3.58. The fourth-order valence-corrected chi connectivity index (χ4v) is 0.924. The molecule has 1 heterocycles. The monoisotopic (exact) mass is 144 g/mol. The Kier molecular flexibility index (Phi) is 1.94. The van der Waals surface area contributed by atoms with Crippen molar-refractivity contribution in [3.05, 3.63) is 0 Å². The zero-order valence-electron chi connectivity index (χ0n) is 6.09. The van der Waals surface area contributed by atoms with E-state index in [1.165, 1.54) is 0 Å². The molecule has 1 saturated heterocycles. The maximum atomic E-state index is 10.5. The molecular formula is C7H12O3. The minimum absolute atomic E-state index is 0.405. The standard InChI is InChI=1S/C7H12O3/c1-2-3-4-7(5-10-7)6(8)9/h2-5H2,1H3,(H,8,9)/t7-/m0/s1. The first-order chi connectivity index (χ1) is 4.71. The van der Waals surface area contributed by atoms with Crippen LogP contribution in [0.1, 0.15) is 26.2 Å². The summed E-state index contributed by atoms with van der Waals surface area (Å²) in [4.78, 5) is 10.5. The second-order valence-electron chi connectivity index (χ2n) is 2.69. The van der Waals surface area contributed by atoms with Crippen LogP contribution in [0.15, 0.2) is 0 Å². The van der Waals surface area contributed by atoms with Gasteiger partial charge in [0.25, 0.3) is 0 Å². The van der Waals surface area contributed by atoms with Gasteiger partial charge >= 0.3 is 5.97 Å². The van der Waals surface area contributed by atoms with Crippen molar-refractivity contribution >= 4 is 5.97 Å². The summed E-state index contributed by atoms with van der Waals surface area (Å²) in [7, 11) is 0. The van der Waals surface area contributed by atoms with Crippen LogP contribution in [0.4, 0.5) is 0 Å². The quantitative estimate of drug-likeness (QED) is 0.599. The molecule has 58 valence electrons. The highest BCUT2D eigenvalue weighted by Gasteiger charge is 2.51. The van der Waals surface area contributed by atoms with Gasteiger partial charge in [-0.05, 0) is 6.42 Å². The molecule has 1 aliphatic rings. The van der Waals surface area contributed by atoms with Crippen molar-refractivity contribution in [2.24, 2.45) is 0 Å². The van der Waals surface area contributed by atoms with Gasteiger partial charge in [0.05, 0.1) is 6.61 Å². The lowest BCUT2D eigenvalue weighted by Crippen LogP contribution is -2.23. The second kappa shape index (κ2) is 2.58. The summed E-state index contributed by atoms with van der Waals surface area (Å²) in [5.41, 5.74) is -0.782. The molecule has 0 aliphatic carbocycles. The number of ether oxygens (including phenoxy) is 1. The molecule has 0 aromatic heterocycles. The average molecular weight is 144 g/mol. The van der Waals surface area contributed by atoms with E-state index in [9.17, 15) is 4.79 Å². The molecular weight excluding hydrogens is 132 g/mol. The summed E-state index contributed by atoms with van der Waals surface area (Å²) in [6, 6.07) is 0. The summed E-state index contributed by atoms with van der Waals surface area (Å²) < 4.78 is 4.86. The topological polar surface area (TPSA) is 49.8 Å². The Bertz CT molecular complexity index is 138. The molecule has 0 saturated carbocycles. The Labute approximate surface area is 60.0 Å². The van der Waals surface area contributed by atoms with Crippen LogP contribution in [0, 0.1) is 0 Å². The van der Waals surface area contributed by atoms with Crippen LogP contribution in [0.2, 0.25) is 0 Å². The molecule has 0 radical (unpaired) electrons. The van der Waals surface area contributed by atoms with E-state index in [-0.39, 0.29) is 0 Å². The fourth-order valence-electron chi connectivity index (χ4n) is 0.924. The van der Waals surface area contributed by atoms with Gasteiger partial charge in [0.1, 0.15) is 0 Å². The van der Waals surface area contributed by atoms with Crippen LogP contribution in [0.5, 0.6) is 0 Å². The number of unbranched alkanes of at least 4 members (excludes halogenated alkanes) is 1. The van der Waals surface area contributed by atoms with E-state index >= 15 is 0 Å². The molecule has 0 aromatic rings. The van der Waals surface area contributed by atoms with E-state index in [1.807, 2.05) is 6.92 Å². The van der Waals surface area contributed by atoms with E-state index in [2.05, 4.69) is 0 Å². The highest BCUT2D eigenvalue weighted by molar-refractivity contribution is 5.80. The van der Waals surface area contributed by atoms with E-state index in [4.69, 9.17) is 9.84 Å². The Morgan fingerprint density at radius 2 is 2.40 bits per heavy atom. The van der Waals surface area contributed by atoms with Gasteiger partial charge in [0.2, 0.25) is 0 Å². The zero-order chi connectivity index (χ0) is 7.61. The number of carboxylic acids is 1. The van der Waals surface area contributed by atoms with Crippen molar-refractivity contribution in [2.45, 2.75) is 31.8 Å². The molecule has 1 aliphatic heterocycles. The molecule has 0 amide bonds. The molecule has 0 unspecified atom stereocenters. The summed E-state index contributed by atoms with van der Waals surface area (Å²) in [5, 5.41) is 8.61. The molecule has 0 spiro atoms. The first-order valence-corrected chi connectivity index (χ1v) is 3.58. The normalized spacial score (nSPS) is 30.1. The minimum Gasteiger partial charge on any atom is -0.479 e. The third-order valence-corrected chi connectivity index (χ3v) is 1.82. The smallest absolute Gasteiger partial charge is 0.338 e. The van der Waals surface area contributed by atoms with Gasteiger partial charge in [-0.25, -0.2) is 4.79 Å². The highest BCUT2D eigenvalue weighted by atomic mass is 16.6. The van der Waals surface area contributed by atoms with Gasteiger partial charge in [-0.2, -0.15) is 0 Å². The Balaban J connectivity index is 2.31. The van der Waals surface area contributed by atoms with Crippen molar-refractivity contribution in [3.63, 3.8) is 0 Å². The third-order valence-electron chi connectivity index (χ3n) is 1.82. The van der Waals surface area contributed by atoms with Gasteiger partial charge in [-0.3, -0.25) is 0 Å². The second-order valence-corrected chi connectivity index (χ2v) is 2.69. The molecule has 3 nitrogen and oxygen atoms in total. The lowest BCUT2D eigenvalue weighted by atomic mass is 10.0. The number of rotatable bonds is 4. The highest BCUT2D eigenvalue weighted by Crippen LogP contribution is 2.32. The lowest BCUT2D eigenvalue weighted by molar-refractivity contribution is -0.143. The van der Waals surface area contributed by atoms with Gasteiger partial charge in [0, 0.05) is 0 Å². The summed E-state index contributed by atoms with van der Waals surface area (Å²) in [5.74, 6) is -0.805. The van der Waals surface area contributed by atoms with Crippen LogP contribution in [0.3, 0.4) is 0 Å². The first kappa shape index (κ1) is 7.54. The predicted octanol–water partition coefficient (Wildman–Crippen LogP) is 1.03. The van der Waals surface area contributed by atoms with Gasteiger partial charge in [0.15, 0.2) is 5.60 Å². The molecule has 1 N–H and O–H groups in total. The van der Waals surface area contributed by atoms with Crippen molar-refractivity contribution in [1.29, 1.82) is 0 Å². The van der Waals surface area contributed by atoms with E-state index in [0.717, 1.165) is 12.8 Å². The fraction of sp³-hybridized carbons (Fsp3) is 0.857. The molecule has 0 bridgehead atoms. The largest absolute Gasteiger partial charge is 0.479 e. The zero-order valence-corrected chi connectivity index (χ0v) is 6.09. The lowest BCUT2D eigenvalue weighted by Gasteiger charge is -2.02. The summed E-state index contributed by atoms with van der Waals surface area (Å²) >= 11 is 0. The number of hydrogen-bond acceptors (Lipinski definition) is 2. The maximum absolute atomic E-state index is 10.5. The van der Waals surface area contributed by atoms with E-state index in [1.54, 1.807) is 0 Å². The Morgan fingerprint density at radius 3 is 2.70 bits per heavy atom. The Morgan fingerprint density at radius 1 is 1.80 bits per heavy atom. The Hall–Kier alpha value is -0.570. The SMILES string of the molecule is CCCC[C@@]1(C(=O)O)CO1. The van der Waals surface area contributed by atoms with Crippen LogP contribution in [-0.4, -0.2) is 23.3 Å². The maximum Gasteiger partial charge on any atom is 0.338 e. The number of carbonyl (C=O) groups is 1. The van der Waals surface area contributed by atoms with Gasteiger partial charge in [-0.1, -0.05) is 19.8 Å². The number of hydrogen-bond donors (Lipinski definition) is 1. The van der Waals surface area contributed by atoms with Crippen LogP contribution < -0.4 is 0 Å². The molecule has 10 heavy (non-hydrogen) atoms. The van der Waals surface area contributed by atoms with Crippen LogP contribution in [-0.2, 0) is 9.53 Å². The van der Waals surface area contributed by atoms with E-state index < -0.39 is 11.6 Å². The van der Waals surface area contributed by atoms with Crippen LogP contribution in [0.25, 0.3) is 0 Å². The van der Waals surface area contributed by atoms with E-state index in [0.29, 0.717) is 13.0 Å². The molecule has 0 aromatic carbocycles. The van der Waals surface area contributed by atoms with Gasteiger partial charge in [-0.15, -0.1) is 0 Å². The number of epoxide rings is 1. The predicted molar refractivity (Wildman–Crippen MR) is 35.8 cm³/mol. The van der Waals surface area contributed by atoms with Crippen molar-refractivity contribution in [2.75, 3.05) is 6.61 Å². The summed E-state index contributed by atoms with van der Waals surface area (Å²) in [6.45, 7) is 2.44. The van der Waals surface area contributed by atoms with Crippen molar-refractivity contribution in [1.82, 2.24) is 0 Å². The molecule has 3 heteroatoms. The number of aliphatic carboxylic acids is 1. The van der Waals surface area contributed by atoms with Crippen LogP contribution >= 0.6 is 0 Å². The third kappa shape index (κ3) is 1.29. The molecule has 1 fully saturated rings. The minimum atomic E-state index is -0.805. The molecule has 1 rings (SSSR count). The average Bonchev–Trinajstić information content (AvgIpc) is 2.64. The van der Waals surface area contributed by atoms with Crippen molar-refractivity contribution < 1.29 is 14.6 Å².